The van der Waals surface area contributed by atoms with Gasteiger partial charge in [0.1, 0.15) is 11.8 Å². The second-order valence-corrected chi connectivity index (χ2v) is 5.89. The number of carbonyl (C=O) groups excluding carboxylic acids is 1. The Balaban J connectivity index is 1.88. The van der Waals surface area contributed by atoms with Crippen LogP contribution in [0, 0.1) is 13.8 Å². The smallest absolute Gasteiger partial charge is 0.326 e. The van der Waals surface area contributed by atoms with E-state index in [9.17, 15) is 9.59 Å². The molecule has 1 N–H and O–H groups in total. The van der Waals surface area contributed by atoms with Gasteiger partial charge in [0.2, 0.25) is 5.91 Å². The summed E-state index contributed by atoms with van der Waals surface area (Å²) in [4.78, 5) is 24.9. The maximum absolute atomic E-state index is 12.3. The molecule has 0 aliphatic heterocycles. The van der Waals surface area contributed by atoms with Crippen LogP contribution < -0.4 is 4.74 Å². The van der Waals surface area contributed by atoms with Crippen LogP contribution in [0.25, 0.3) is 0 Å². The fraction of sp³-hybridized carbons (Fsp3) is 0.529. The molecule has 0 radical (unpaired) electrons. The van der Waals surface area contributed by atoms with Crippen molar-refractivity contribution in [3.8, 4) is 5.75 Å². The average Bonchev–Trinajstić information content (AvgIpc) is 3.27. The predicted octanol–water partition coefficient (Wildman–Crippen LogP) is 2.54. The normalized spacial score (nSPS) is 15.2. The number of amides is 1. The quantitative estimate of drug-likeness (QED) is 0.840. The van der Waals surface area contributed by atoms with Crippen LogP contribution in [-0.2, 0) is 9.59 Å². The molecule has 1 amide bonds. The van der Waals surface area contributed by atoms with Gasteiger partial charge < -0.3 is 14.7 Å². The summed E-state index contributed by atoms with van der Waals surface area (Å²) in [5.41, 5.74) is 2.33. The van der Waals surface area contributed by atoms with Crippen LogP contribution >= 0.6 is 0 Å². The summed E-state index contributed by atoms with van der Waals surface area (Å²) in [7, 11) is 0. The molecular weight excluding hydrogens is 282 g/mol. The fourth-order valence-corrected chi connectivity index (χ4v) is 2.40. The fourth-order valence-electron chi connectivity index (χ4n) is 2.40. The molecule has 1 aliphatic carbocycles. The monoisotopic (exact) mass is 305 g/mol. The molecule has 0 spiro atoms. The Morgan fingerprint density at radius 2 is 2.00 bits per heavy atom. The summed E-state index contributed by atoms with van der Waals surface area (Å²) in [6.07, 6.45) is 1.98. The number of hydrogen-bond donors (Lipinski definition) is 1. The lowest BCUT2D eigenvalue weighted by atomic mass is 10.1. The lowest BCUT2D eigenvalue weighted by Gasteiger charge is -2.26. The van der Waals surface area contributed by atoms with Gasteiger partial charge in [-0.05, 0) is 56.9 Å². The Kier molecular flexibility index (Phi) is 5.06. The van der Waals surface area contributed by atoms with Gasteiger partial charge in [-0.2, -0.15) is 0 Å². The van der Waals surface area contributed by atoms with Crippen LogP contribution in [0.4, 0.5) is 0 Å². The van der Waals surface area contributed by atoms with Gasteiger partial charge in [0.15, 0.2) is 0 Å². The number of hydrogen-bond acceptors (Lipinski definition) is 3. The maximum atomic E-state index is 12.3. The molecule has 1 saturated carbocycles. The van der Waals surface area contributed by atoms with E-state index in [1.807, 2.05) is 32.0 Å². The van der Waals surface area contributed by atoms with Crippen molar-refractivity contribution in [1.82, 2.24) is 4.90 Å². The number of benzene rings is 1. The maximum Gasteiger partial charge on any atom is 0.326 e. The van der Waals surface area contributed by atoms with Crippen LogP contribution in [0.2, 0.25) is 0 Å². The van der Waals surface area contributed by atoms with Gasteiger partial charge in [-0.25, -0.2) is 4.79 Å². The third kappa shape index (κ3) is 4.00. The number of ether oxygens (including phenoxy) is 1. The number of aryl methyl sites for hydroxylation is 2. The molecule has 22 heavy (non-hydrogen) atoms. The third-order valence-corrected chi connectivity index (χ3v) is 4.07. The van der Waals surface area contributed by atoms with Crippen molar-refractivity contribution in [3.05, 3.63) is 29.3 Å². The predicted molar refractivity (Wildman–Crippen MR) is 83.0 cm³/mol. The first-order valence-electron chi connectivity index (χ1n) is 7.64. The van der Waals surface area contributed by atoms with Gasteiger partial charge >= 0.3 is 5.97 Å². The SMILES string of the molecule is Cc1ccc(OCCC(=O)N(C2CC2)C(C)C(=O)O)cc1C. The molecular formula is C17H23NO4. The average molecular weight is 305 g/mol. The van der Waals surface area contributed by atoms with Gasteiger partial charge in [-0.15, -0.1) is 0 Å². The first-order valence-corrected chi connectivity index (χ1v) is 7.64. The first kappa shape index (κ1) is 16.3. The number of carbonyl (C=O) groups is 2. The number of rotatable bonds is 7. The van der Waals surface area contributed by atoms with Crippen molar-refractivity contribution in [3.63, 3.8) is 0 Å². The van der Waals surface area contributed by atoms with Crippen LogP contribution in [0.1, 0.15) is 37.3 Å². The van der Waals surface area contributed by atoms with Gasteiger partial charge in [-0.1, -0.05) is 6.07 Å². The molecule has 0 aromatic heterocycles. The van der Waals surface area contributed by atoms with Crippen LogP contribution in [0.15, 0.2) is 18.2 Å². The molecule has 5 nitrogen and oxygen atoms in total. The molecule has 1 unspecified atom stereocenters. The standard InChI is InChI=1S/C17H23NO4/c1-11-4-7-15(10-12(11)2)22-9-8-16(19)18(14-5-6-14)13(3)17(20)21/h4,7,10,13-14H,5-6,8-9H2,1-3H3,(H,20,21). The zero-order valence-corrected chi connectivity index (χ0v) is 13.3. The molecule has 0 bridgehead atoms. The molecule has 120 valence electrons. The molecule has 2 rings (SSSR count). The highest BCUT2D eigenvalue weighted by Crippen LogP contribution is 2.29. The summed E-state index contributed by atoms with van der Waals surface area (Å²) >= 11 is 0. The summed E-state index contributed by atoms with van der Waals surface area (Å²) in [6.45, 7) is 5.86. The van der Waals surface area contributed by atoms with E-state index >= 15 is 0 Å². The number of aliphatic carboxylic acids is 1. The molecule has 1 aromatic rings. The highest BCUT2D eigenvalue weighted by atomic mass is 16.5. The molecule has 1 aromatic carbocycles. The van der Waals surface area contributed by atoms with Crippen molar-refractivity contribution < 1.29 is 19.4 Å². The second kappa shape index (κ2) is 6.81. The van der Waals surface area contributed by atoms with Crippen molar-refractivity contribution in [2.45, 2.75) is 52.1 Å². The van der Waals surface area contributed by atoms with E-state index in [0.29, 0.717) is 0 Å². The van der Waals surface area contributed by atoms with E-state index in [-0.39, 0.29) is 25.0 Å². The Hall–Kier alpha value is -2.04. The van der Waals surface area contributed by atoms with Gasteiger partial charge in [0, 0.05) is 6.04 Å². The third-order valence-electron chi connectivity index (χ3n) is 4.07. The number of carboxylic acid groups (broad SMARTS) is 1. The Labute approximate surface area is 130 Å². The van der Waals surface area contributed by atoms with Gasteiger partial charge in [-0.3, -0.25) is 4.79 Å². The van der Waals surface area contributed by atoms with E-state index in [0.717, 1.165) is 24.2 Å². The van der Waals surface area contributed by atoms with Crippen molar-refractivity contribution >= 4 is 11.9 Å². The number of nitrogens with zero attached hydrogens (tertiary/aromatic N) is 1. The number of carboxylic acids is 1. The summed E-state index contributed by atoms with van der Waals surface area (Å²) in [6, 6.07) is 5.11. The minimum atomic E-state index is -0.963. The Morgan fingerprint density at radius 1 is 1.32 bits per heavy atom. The molecule has 1 fully saturated rings. The largest absolute Gasteiger partial charge is 0.493 e. The van der Waals surface area contributed by atoms with Crippen molar-refractivity contribution in [2.75, 3.05) is 6.61 Å². The molecule has 1 aliphatic rings. The van der Waals surface area contributed by atoms with Gasteiger partial charge in [0.25, 0.3) is 0 Å². The van der Waals surface area contributed by atoms with Crippen LogP contribution in [0.3, 0.4) is 0 Å². The van der Waals surface area contributed by atoms with E-state index in [1.54, 1.807) is 6.92 Å². The highest BCUT2D eigenvalue weighted by Gasteiger charge is 2.37. The van der Waals surface area contributed by atoms with E-state index < -0.39 is 12.0 Å². The summed E-state index contributed by atoms with van der Waals surface area (Å²) < 4.78 is 5.61. The second-order valence-electron chi connectivity index (χ2n) is 5.89. The lowest BCUT2D eigenvalue weighted by Crippen LogP contribution is -2.45. The Morgan fingerprint density at radius 3 is 2.55 bits per heavy atom. The Bertz CT molecular complexity index is 566. The van der Waals surface area contributed by atoms with Crippen molar-refractivity contribution in [1.29, 1.82) is 0 Å². The zero-order valence-electron chi connectivity index (χ0n) is 13.3. The zero-order chi connectivity index (χ0) is 16.3. The summed E-state index contributed by atoms with van der Waals surface area (Å²) in [5.74, 6) is -0.378. The van der Waals surface area contributed by atoms with Crippen LogP contribution in [-0.4, -0.2) is 40.6 Å². The van der Waals surface area contributed by atoms with Crippen molar-refractivity contribution in [2.24, 2.45) is 0 Å². The lowest BCUT2D eigenvalue weighted by molar-refractivity contribution is -0.150. The highest BCUT2D eigenvalue weighted by molar-refractivity contribution is 5.84. The van der Waals surface area contributed by atoms with E-state index in [4.69, 9.17) is 9.84 Å². The van der Waals surface area contributed by atoms with Gasteiger partial charge in [0.05, 0.1) is 13.0 Å². The molecule has 0 heterocycles. The molecule has 1 atom stereocenters. The van der Waals surface area contributed by atoms with E-state index in [2.05, 4.69) is 0 Å². The molecule has 5 heteroatoms. The van der Waals surface area contributed by atoms with E-state index in [1.165, 1.54) is 10.5 Å². The minimum Gasteiger partial charge on any atom is -0.493 e. The molecule has 0 saturated heterocycles. The minimum absolute atomic E-state index is 0.0835. The van der Waals surface area contributed by atoms with Crippen LogP contribution in [0.5, 0.6) is 5.75 Å². The summed E-state index contributed by atoms with van der Waals surface area (Å²) in [5, 5.41) is 9.11. The first-order chi connectivity index (χ1) is 10.4. The topological polar surface area (TPSA) is 66.8 Å².